The molecule has 1 heterocycles. The Labute approximate surface area is 150 Å². The number of hydrogen-bond donors (Lipinski definition) is 3. The molecule has 0 aliphatic rings. The first-order chi connectivity index (χ1) is 12.2. The molecule has 1 aromatic heterocycles. The Kier molecular flexibility index (Phi) is 6.16. The van der Waals surface area contributed by atoms with E-state index in [0.29, 0.717) is 6.07 Å². The van der Waals surface area contributed by atoms with Gasteiger partial charge >= 0.3 is 6.18 Å². The van der Waals surface area contributed by atoms with Crippen molar-refractivity contribution in [3.63, 3.8) is 0 Å². The van der Waals surface area contributed by atoms with Crippen LogP contribution in [0.25, 0.3) is 0 Å². The highest BCUT2D eigenvalue weighted by Gasteiger charge is 2.34. The maximum absolute atomic E-state index is 13.0. The summed E-state index contributed by atoms with van der Waals surface area (Å²) in [5, 5.41) is 25.0. The zero-order valence-electron chi connectivity index (χ0n) is 13.0. The number of aromatic nitrogens is 2. The average Bonchev–Trinajstić information content (AvgIpc) is 2.54. The number of alkyl halides is 3. The highest BCUT2D eigenvalue weighted by Crippen LogP contribution is 2.33. The van der Waals surface area contributed by atoms with Crippen LogP contribution < -0.4 is 10.6 Å². The van der Waals surface area contributed by atoms with Gasteiger partial charge in [-0.3, -0.25) is 10.1 Å². The van der Waals surface area contributed by atoms with E-state index in [1.807, 2.05) is 0 Å². The Bertz CT molecular complexity index is 804. The van der Waals surface area contributed by atoms with Crippen molar-refractivity contribution in [3.05, 3.63) is 45.1 Å². The number of anilines is 3. The topological polar surface area (TPSA) is 113 Å². The van der Waals surface area contributed by atoms with Gasteiger partial charge in [-0.15, -0.1) is 0 Å². The Balaban J connectivity index is 2.40. The molecule has 0 fully saturated rings. The molecule has 0 aliphatic heterocycles. The van der Waals surface area contributed by atoms with E-state index in [1.165, 1.54) is 12.1 Å². The maximum Gasteiger partial charge on any atom is 0.433 e. The lowest BCUT2D eigenvalue weighted by molar-refractivity contribution is -0.383. The normalized spacial score (nSPS) is 11.3. The summed E-state index contributed by atoms with van der Waals surface area (Å²) in [6.45, 7) is -0.0136. The molecule has 0 bridgehead atoms. The number of nitro benzene ring substituents is 1. The van der Waals surface area contributed by atoms with Crippen molar-refractivity contribution in [1.82, 2.24) is 9.97 Å². The number of benzene rings is 1. The number of nitrogens with zero attached hydrogens (tertiary/aromatic N) is 3. The second kappa shape index (κ2) is 8.15. The molecule has 0 aliphatic carbocycles. The Hall–Kier alpha value is -2.66. The van der Waals surface area contributed by atoms with Gasteiger partial charge in [0.2, 0.25) is 5.95 Å². The van der Waals surface area contributed by atoms with E-state index in [4.69, 9.17) is 16.7 Å². The van der Waals surface area contributed by atoms with Crippen LogP contribution in [0.15, 0.2) is 24.3 Å². The number of hydrogen-bond acceptors (Lipinski definition) is 7. The van der Waals surface area contributed by atoms with Crippen LogP contribution in [0.3, 0.4) is 0 Å². The van der Waals surface area contributed by atoms with E-state index in [1.54, 1.807) is 0 Å². The molecule has 0 unspecified atom stereocenters. The predicted octanol–water partition coefficient (Wildman–Crippen LogP) is 3.59. The van der Waals surface area contributed by atoms with Gasteiger partial charge in [0.25, 0.3) is 5.69 Å². The lowest BCUT2D eigenvalue weighted by atomic mass is 10.2. The third-order valence-corrected chi connectivity index (χ3v) is 3.29. The van der Waals surface area contributed by atoms with Crippen molar-refractivity contribution in [2.75, 3.05) is 23.8 Å². The van der Waals surface area contributed by atoms with Crippen molar-refractivity contribution >= 4 is 34.7 Å². The van der Waals surface area contributed by atoms with Gasteiger partial charge < -0.3 is 15.7 Å². The first kappa shape index (κ1) is 19.7. The predicted molar refractivity (Wildman–Crippen MR) is 88.6 cm³/mol. The number of aliphatic hydroxyl groups is 1. The number of nitrogens with one attached hydrogen (secondary N) is 2. The van der Waals surface area contributed by atoms with Crippen LogP contribution in [-0.2, 0) is 6.18 Å². The number of halogens is 4. The quantitative estimate of drug-likeness (QED) is 0.375. The first-order valence-corrected chi connectivity index (χ1v) is 7.60. The fraction of sp³-hybridized carbons (Fsp3) is 0.286. The van der Waals surface area contributed by atoms with Crippen molar-refractivity contribution in [2.45, 2.75) is 12.6 Å². The summed E-state index contributed by atoms with van der Waals surface area (Å²) in [5.74, 6) is -0.635. The molecule has 0 saturated carbocycles. The first-order valence-electron chi connectivity index (χ1n) is 7.22. The summed E-state index contributed by atoms with van der Waals surface area (Å²) in [4.78, 5) is 17.6. The molecule has 2 rings (SSSR count). The van der Waals surface area contributed by atoms with Crippen molar-refractivity contribution < 1.29 is 23.2 Å². The minimum atomic E-state index is -4.74. The zero-order chi connectivity index (χ0) is 19.3. The van der Waals surface area contributed by atoms with Gasteiger partial charge in [-0.2, -0.15) is 18.2 Å². The van der Waals surface area contributed by atoms with Gasteiger partial charge in [-0.25, -0.2) is 4.98 Å². The van der Waals surface area contributed by atoms with E-state index < -0.39 is 16.8 Å². The Morgan fingerprint density at radius 2 is 2.00 bits per heavy atom. The van der Waals surface area contributed by atoms with E-state index in [9.17, 15) is 23.3 Å². The SMILES string of the molecule is O=[N+]([O-])c1ccc(Cl)cc1Nc1cc(C(F)(F)F)nc(NCCCO)n1. The fourth-order valence-electron chi connectivity index (χ4n) is 1.92. The molecule has 0 amide bonds. The second-order valence-electron chi connectivity index (χ2n) is 5.01. The van der Waals surface area contributed by atoms with Gasteiger partial charge in [0.1, 0.15) is 11.5 Å². The van der Waals surface area contributed by atoms with Crippen molar-refractivity contribution in [3.8, 4) is 0 Å². The molecule has 8 nitrogen and oxygen atoms in total. The highest BCUT2D eigenvalue weighted by molar-refractivity contribution is 6.31. The summed E-state index contributed by atoms with van der Waals surface area (Å²) >= 11 is 5.80. The van der Waals surface area contributed by atoms with Crippen LogP contribution in [0.5, 0.6) is 0 Å². The Morgan fingerprint density at radius 1 is 1.27 bits per heavy atom. The van der Waals surface area contributed by atoms with Crippen LogP contribution >= 0.6 is 11.6 Å². The second-order valence-corrected chi connectivity index (χ2v) is 5.44. The molecular formula is C14H13ClF3N5O3. The Morgan fingerprint density at radius 3 is 2.62 bits per heavy atom. The largest absolute Gasteiger partial charge is 0.433 e. The average molecular weight is 392 g/mol. The molecule has 26 heavy (non-hydrogen) atoms. The summed E-state index contributed by atoms with van der Waals surface area (Å²) < 4.78 is 39.1. The van der Waals surface area contributed by atoms with Crippen molar-refractivity contribution in [2.24, 2.45) is 0 Å². The monoisotopic (exact) mass is 391 g/mol. The molecule has 2 aromatic rings. The summed E-state index contributed by atoms with van der Waals surface area (Å²) in [7, 11) is 0. The van der Waals surface area contributed by atoms with Gasteiger partial charge in [-0.05, 0) is 18.6 Å². The van der Waals surface area contributed by atoms with Crippen molar-refractivity contribution in [1.29, 1.82) is 0 Å². The summed E-state index contributed by atoms with van der Waals surface area (Å²) in [6, 6.07) is 4.24. The van der Waals surface area contributed by atoms with E-state index in [0.717, 1.165) is 6.07 Å². The van der Waals surface area contributed by atoms with Crippen LogP contribution in [0.4, 0.5) is 36.3 Å². The van der Waals surface area contributed by atoms with Crippen LogP contribution in [0.1, 0.15) is 12.1 Å². The minimum Gasteiger partial charge on any atom is -0.396 e. The van der Waals surface area contributed by atoms with Gasteiger partial charge in [0, 0.05) is 30.3 Å². The molecular weight excluding hydrogens is 379 g/mol. The van der Waals surface area contributed by atoms with E-state index >= 15 is 0 Å². The minimum absolute atomic E-state index is 0.115. The van der Waals surface area contributed by atoms with Gasteiger partial charge in [0.15, 0.2) is 5.69 Å². The molecule has 0 radical (unpaired) electrons. The van der Waals surface area contributed by atoms with Crippen LogP contribution in [0, 0.1) is 10.1 Å². The molecule has 0 saturated heterocycles. The number of nitro groups is 1. The molecule has 0 spiro atoms. The van der Waals surface area contributed by atoms with E-state index in [-0.39, 0.29) is 47.7 Å². The smallest absolute Gasteiger partial charge is 0.396 e. The summed E-state index contributed by atoms with van der Waals surface area (Å²) in [5.41, 5.74) is -1.72. The molecule has 3 N–H and O–H groups in total. The standard InChI is InChI=1S/C14H13ClF3N5O3/c15-8-2-3-10(23(25)26)9(6-8)20-12-7-11(14(16,17)18)21-13(22-12)19-4-1-5-24/h2-3,6-7,24H,1,4-5H2,(H2,19,20,21,22). The highest BCUT2D eigenvalue weighted by atomic mass is 35.5. The molecule has 1 aromatic carbocycles. The van der Waals surface area contributed by atoms with Gasteiger partial charge in [0.05, 0.1) is 4.92 Å². The van der Waals surface area contributed by atoms with Crippen LogP contribution in [0.2, 0.25) is 5.02 Å². The molecule has 0 atom stereocenters. The number of aliphatic hydroxyl groups excluding tert-OH is 1. The molecule has 140 valence electrons. The van der Waals surface area contributed by atoms with E-state index in [2.05, 4.69) is 20.6 Å². The maximum atomic E-state index is 13.0. The summed E-state index contributed by atoms with van der Waals surface area (Å²) in [6.07, 6.45) is -4.46. The van der Waals surface area contributed by atoms with Gasteiger partial charge in [-0.1, -0.05) is 11.6 Å². The third kappa shape index (κ3) is 5.17. The third-order valence-electron chi connectivity index (χ3n) is 3.05. The number of rotatable bonds is 7. The lowest BCUT2D eigenvalue weighted by Gasteiger charge is -2.13. The zero-order valence-corrected chi connectivity index (χ0v) is 13.8. The lowest BCUT2D eigenvalue weighted by Crippen LogP contribution is -2.14. The molecule has 12 heteroatoms. The van der Waals surface area contributed by atoms with Crippen LogP contribution in [-0.4, -0.2) is 33.1 Å². The fourth-order valence-corrected chi connectivity index (χ4v) is 2.09.